The molecule has 2 aromatic heterocycles. The van der Waals surface area contributed by atoms with Crippen molar-refractivity contribution < 1.29 is 8.83 Å². The molecule has 3 nitrogen and oxygen atoms in total. The second-order valence-electron chi connectivity index (χ2n) is 14.1. The highest BCUT2D eigenvalue weighted by molar-refractivity contribution is 6.16. The lowest BCUT2D eigenvalue weighted by Gasteiger charge is -2.25. The molecule has 0 radical (unpaired) electrons. The fourth-order valence-corrected chi connectivity index (χ4v) is 8.31. The van der Waals surface area contributed by atoms with Gasteiger partial charge in [0.25, 0.3) is 0 Å². The maximum Gasteiger partial charge on any atom is 0.143 e. The monoisotopic (exact) mass is 703 g/mol. The number of hydrogen-bond acceptors (Lipinski definition) is 3. The van der Waals surface area contributed by atoms with E-state index in [9.17, 15) is 0 Å². The van der Waals surface area contributed by atoms with E-state index in [-0.39, 0.29) is 0 Å². The van der Waals surface area contributed by atoms with Crippen LogP contribution < -0.4 is 4.90 Å². The highest BCUT2D eigenvalue weighted by Crippen LogP contribution is 2.43. The standard InChI is InChI=1S/C52H33NO2/c1-3-15-37(16-4-1)53(38-17-5-2-6-18-38)39-27-29-51-48(33-39)45-24-13-23-44(52(45)55-51)46(35-26-28-50-47(31-35)43-22-11-12-25-49(43)54-50)32-36-30-34-14-7-8-19-40(34)42-21-10-9-20-41(36)42/h1-33H/b46-32-. The molecule has 2 heterocycles. The highest BCUT2D eigenvalue weighted by Gasteiger charge is 2.20. The first-order valence-electron chi connectivity index (χ1n) is 18.7. The van der Waals surface area contributed by atoms with Gasteiger partial charge in [0, 0.05) is 44.2 Å². The summed E-state index contributed by atoms with van der Waals surface area (Å²) >= 11 is 0. The first-order valence-corrected chi connectivity index (χ1v) is 18.7. The van der Waals surface area contributed by atoms with Gasteiger partial charge in [-0.05, 0) is 111 Å². The van der Waals surface area contributed by atoms with Gasteiger partial charge in [-0.1, -0.05) is 127 Å². The number of fused-ring (bicyclic) bond motifs is 9. The molecule has 0 fully saturated rings. The lowest BCUT2D eigenvalue weighted by atomic mass is 9.90. The van der Waals surface area contributed by atoms with Crippen molar-refractivity contribution in [3.63, 3.8) is 0 Å². The molecule has 0 unspecified atom stereocenters. The van der Waals surface area contributed by atoms with Crippen LogP contribution in [0.15, 0.2) is 203 Å². The zero-order valence-electron chi connectivity index (χ0n) is 29.8. The average Bonchev–Trinajstić information content (AvgIpc) is 3.82. The molecule has 55 heavy (non-hydrogen) atoms. The molecule has 0 N–H and O–H groups in total. The van der Waals surface area contributed by atoms with Crippen LogP contribution in [0, 0.1) is 0 Å². The molecular formula is C52H33NO2. The third-order valence-electron chi connectivity index (χ3n) is 10.8. The summed E-state index contributed by atoms with van der Waals surface area (Å²) in [4.78, 5) is 2.29. The van der Waals surface area contributed by atoms with Crippen LogP contribution in [-0.2, 0) is 0 Å². The predicted molar refractivity (Wildman–Crippen MR) is 231 cm³/mol. The number of benzene rings is 9. The summed E-state index contributed by atoms with van der Waals surface area (Å²) in [6, 6.07) is 68.6. The summed E-state index contributed by atoms with van der Waals surface area (Å²) in [5, 5.41) is 9.22. The molecule has 0 bridgehead atoms. The minimum atomic E-state index is 0.846. The molecule has 9 aromatic carbocycles. The zero-order chi connectivity index (χ0) is 36.3. The molecule has 11 aromatic rings. The van der Waals surface area contributed by atoms with Gasteiger partial charge in [0.2, 0.25) is 0 Å². The lowest BCUT2D eigenvalue weighted by molar-refractivity contribution is 0.668. The Morgan fingerprint density at radius 2 is 0.982 bits per heavy atom. The van der Waals surface area contributed by atoms with E-state index >= 15 is 0 Å². The maximum absolute atomic E-state index is 6.89. The Balaban J connectivity index is 1.16. The van der Waals surface area contributed by atoms with Crippen molar-refractivity contribution in [1.29, 1.82) is 0 Å². The molecule has 0 saturated heterocycles. The number of hydrogen-bond donors (Lipinski definition) is 0. The smallest absolute Gasteiger partial charge is 0.143 e. The molecule has 0 spiro atoms. The fourth-order valence-electron chi connectivity index (χ4n) is 8.31. The molecule has 3 heteroatoms. The molecule has 258 valence electrons. The summed E-state index contributed by atoms with van der Waals surface area (Å²) in [5.74, 6) is 0. The van der Waals surface area contributed by atoms with Crippen molar-refractivity contribution in [2.45, 2.75) is 0 Å². The quantitative estimate of drug-likeness (QED) is 0.128. The van der Waals surface area contributed by atoms with Gasteiger partial charge in [-0.2, -0.15) is 0 Å². The Kier molecular flexibility index (Phi) is 7.17. The van der Waals surface area contributed by atoms with Gasteiger partial charge in [-0.3, -0.25) is 0 Å². The normalized spacial score (nSPS) is 12.1. The molecule has 0 aliphatic rings. The third kappa shape index (κ3) is 5.20. The Hall–Kier alpha value is -7.36. The van der Waals surface area contributed by atoms with E-state index in [0.717, 1.165) is 83.2 Å². The van der Waals surface area contributed by atoms with Crippen LogP contribution in [0.1, 0.15) is 16.7 Å². The average molecular weight is 704 g/mol. The molecule has 0 aliphatic heterocycles. The summed E-state index contributed by atoms with van der Waals surface area (Å²) in [5.41, 5.74) is 11.1. The van der Waals surface area contributed by atoms with E-state index in [0.29, 0.717) is 0 Å². The minimum Gasteiger partial charge on any atom is -0.456 e. The van der Waals surface area contributed by atoms with E-state index < -0.39 is 0 Å². The van der Waals surface area contributed by atoms with Crippen molar-refractivity contribution >= 4 is 94.1 Å². The fraction of sp³-hybridized carbons (Fsp3) is 0. The third-order valence-corrected chi connectivity index (χ3v) is 10.8. The molecule has 0 aliphatic carbocycles. The molecule has 0 amide bonds. The van der Waals surface area contributed by atoms with Gasteiger partial charge in [0.15, 0.2) is 0 Å². The number of rotatable bonds is 6. The number of anilines is 3. The van der Waals surface area contributed by atoms with Crippen molar-refractivity contribution in [3.05, 3.63) is 211 Å². The summed E-state index contributed by atoms with van der Waals surface area (Å²) in [6.45, 7) is 0. The SMILES string of the molecule is C(=C(\c1ccc2oc3ccccc3c2c1)c1cccc2c1oc1ccc(N(c3ccccc3)c3ccccc3)cc12)/c1cc2ccccc2c2ccccc12. The van der Waals surface area contributed by atoms with Crippen molar-refractivity contribution in [1.82, 2.24) is 0 Å². The molecular weight excluding hydrogens is 671 g/mol. The van der Waals surface area contributed by atoms with Gasteiger partial charge in [-0.25, -0.2) is 0 Å². The second-order valence-corrected chi connectivity index (χ2v) is 14.1. The Morgan fingerprint density at radius 3 is 1.78 bits per heavy atom. The Morgan fingerprint density at radius 1 is 0.382 bits per heavy atom. The van der Waals surface area contributed by atoms with E-state index in [1.165, 1.54) is 21.5 Å². The van der Waals surface area contributed by atoms with E-state index in [2.05, 4.69) is 193 Å². The summed E-state index contributed by atoms with van der Waals surface area (Å²) in [6.07, 6.45) is 2.35. The molecule has 11 rings (SSSR count). The van der Waals surface area contributed by atoms with E-state index in [1.54, 1.807) is 0 Å². The number of para-hydroxylation sites is 4. The van der Waals surface area contributed by atoms with Gasteiger partial charge in [0.05, 0.1) is 0 Å². The van der Waals surface area contributed by atoms with Crippen LogP contribution in [0.3, 0.4) is 0 Å². The van der Waals surface area contributed by atoms with Crippen LogP contribution in [0.5, 0.6) is 0 Å². The van der Waals surface area contributed by atoms with Crippen molar-refractivity contribution in [3.8, 4) is 0 Å². The van der Waals surface area contributed by atoms with Gasteiger partial charge < -0.3 is 13.7 Å². The zero-order valence-corrected chi connectivity index (χ0v) is 29.8. The predicted octanol–water partition coefficient (Wildman–Crippen LogP) is 14.9. The molecule has 0 saturated carbocycles. The topological polar surface area (TPSA) is 29.5 Å². The van der Waals surface area contributed by atoms with E-state index in [4.69, 9.17) is 8.83 Å². The van der Waals surface area contributed by atoms with Crippen LogP contribution in [0.25, 0.3) is 77.1 Å². The lowest BCUT2D eigenvalue weighted by Crippen LogP contribution is -2.09. The van der Waals surface area contributed by atoms with Crippen molar-refractivity contribution in [2.24, 2.45) is 0 Å². The van der Waals surface area contributed by atoms with Crippen LogP contribution in [-0.4, -0.2) is 0 Å². The van der Waals surface area contributed by atoms with Crippen LogP contribution in [0.4, 0.5) is 17.1 Å². The Labute approximate surface area is 317 Å². The van der Waals surface area contributed by atoms with Crippen molar-refractivity contribution in [2.75, 3.05) is 4.90 Å². The molecule has 0 atom stereocenters. The van der Waals surface area contributed by atoms with Gasteiger partial charge >= 0.3 is 0 Å². The number of nitrogens with zero attached hydrogens (tertiary/aromatic N) is 1. The van der Waals surface area contributed by atoms with Gasteiger partial charge in [0.1, 0.15) is 22.3 Å². The Bertz CT molecular complexity index is 3220. The van der Waals surface area contributed by atoms with Crippen LogP contribution >= 0.6 is 0 Å². The first kappa shape index (κ1) is 31.2. The maximum atomic E-state index is 6.89. The largest absolute Gasteiger partial charge is 0.456 e. The second kappa shape index (κ2) is 12.6. The number of furan rings is 2. The summed E-state index contributed by atoms with van der Waals surface area (Å²) in [7, 11) is 0. The highest BCUT2D eigenvalue weighted by atomic mass is 16.3. The van der Waals surface area contributed by atoms with Gasteiger partial charge in [-0.15, -0.1) is 0 Å². The van der Waals surface area contributed by atoms with Crippen LogP contribution in [0.2, 0.25) is 0 Å². The first-order chi connectivity index (χ1) is 27.3. The minimum absolute atomic E-state index is 0.846. The van der Waals surface area contributed by atoms with E-state index in [1.807, 2.05) is 12.1 Å². The summed E-state index contributed by atoms with van der Waals surface area (Å²) < 4.78 is 13.2.